The van der Waals surface area contributed by atoms with Gasteiger partial charge < -0.3 is 15.0 Å². The van der Waals surface area contributed by atoms with Gasteiger partial charge in [0.25, 0.3) is 11.5 Å². The third kappa shape index (κ3) is 5.32. The molecule has 28 heavy (non-hydrogen) atoms. The average molecular weight is 398 g/mol. The van der Waals surface area contributed by atoms with Gasteiger partial charge in [-0.2, -0.15) is 13.2 Å². The number of ether oxygens (including phenoxy) is 1. The van der Waals surface area contributed by atoms with Gasteiger partial charge >= 0.3 is 12.1 Å². The van der Waals surface area contributed by atoms with E-state index in [1.54, 1.807) is 14.1 Å². The number of nitrogens with one attached hydrogen (secondary N) is 2. The van der Waals surface area contributed by atoms with Crippen molar-refractivity contribution in [1.82, 2.24) is 15.3 Å². The summed E-state index contributed by atoms with van der Waals surface area (Å²) in [4.78, 5) is 43.8. The predicted molar refractivity (Wildman–Crippen MR) is 93.2 cm³/mol. The van der Waals surface area contributed by atoms with E-state index in [2.05, 4.69) is 15.3 Å². The number of carbonyl (C=O) groups excluding carboxylic acids is 2. The van der Waals surface area contributed by atoms with Crippen molar-refractivity contribution in [3.8, 4) is 5.75 Å². The van der Waals surface area contributed by atoms with E-state index in [1.807, 2.05) is 0 Å². The number of halogens is 3. The summed E-state index contributed by atoms with van der Waals surface area (Å²) in [7, 11) is 3.23. The number of aromatic amines is 1. The number of rotatable bonds is 5. The van der Waals surface area contributed by atoms with E-state index in [-0.39, 0.29) is 17.4 Å². The molecular formula is C17H17F3N4O4. The Labute approximate surface area is 157 Å². The monoisotopic (exact) mass is 398 g/mol. The van der Waals surface area contributed by atoms with Gasteiger partial charge in [-0.1, -0.05) is 0 Å². The number of alkyl halides is 3. The van der Waals surface area contributed by atoms with Crippen molar-refractivity contribution in [2.45, 2.75) is 19.1 Å². The van der Waals surface area contributed by atoms with Gasteiger partial charge in [-0.25, -0.2) is 9.78 Å². The van der Waals surface area contributed by atoms with Crippen LogP contribution in [0.2, 0.25) is 0 Å². The summed E-state index contributed by atoms with van der Waals surface area (Å²) in [5.41, 5.74) is -1.64. The molecule has 1 atom stereocenters. The Morgan fingerprint density at radius 1 is 1.21 bits per heavy atom. The minimum atomic E-state index is -4.50. The largest absolute Gasteiger partial charge is 0.425 e. The van der Waals surface area contributed by atoms with Crippen molar-refractivity contribution in [3.63, 3.8) is 0 Å². The number of benzene rings is 1. The second kappa shape index (κ2) is 8.11. The standard InChI is InChI=1S/C17H17F3N4O4/c1-9(15(27)28-11-6-4-10(5-7-11)17(18,19)20)21-14(26)12-8-13(25)23-16(22-12)24(2)3/h4-9H,1-3H3,(H,21,26)(H,22,23,25). The lowest BCUT2D eigenvalue weighted by Gasteiger charge is -2.15. The molecule has 0 saturated heterocycles. The highest BCUT2D eigenvalue weighted by molar-refractivity contribution is 5.95. The molecule has 1 amide bonds. The van der Waals surface area contributed by atoms with Crippen molar-refractivity contribution in [2.75, 3.05) is 19.0 Å². The first-order valence-electron chi connectivity index (χ1n) is 7.96. The normalized spacial score (nSPS) is 12.2. The molecule has 2 rings (SSSR count). The van der Waals surface area contributed by atoms with E-state index < -0.39 is 35.2 Å². The third-order valence-corrected chi connectivity index (χ3v) is 3.49. The van der Waals surface area contributed by atoms with Gasteiger partial charge in [0.2, 0.25) is 5.95 Å². The molecule has 0 radical (unpaired) electrons. The number of H-pyrrole nitrogens is 1. The lowest BCUT2D eigenvalue weighted by atomic mass is 10.2. The van der Waals surface area contributed by atoms with Crippen molar-refractivity contribution >= 4 is 17.8 Å². The van der Waals surface area contributed by atoms with E-state index in [0.717, 1.165) is 30.3 Å². The maximum Gasteiger partial charge on any atom is 0.416 e. The number of anilines is 1. The number of nitrogens with zero attached hydrogens (tertiary/aromatic N) is 2. The second-order valence-electron chi connectivity index (χ2n) is 5.99. The van der Waals surface area contributed by atoms with Crippen LogP contribution in [0.3, 0.4) is 0 Å². The molecule has 150 valence electrons. The molecule has 1 aromatic carbocycles. The molecule has 2 aromatic rings. The minimum Gasteiger partial charge on any atom is -0.425 e. The quantitative estimate of drug-likeness (QED) is 0.585. The Kier molecular flexibility index (Phi) is 6.06. The average Bonchev–Trinajstić information content (AvgIpc) is 2.60. The number of carbonyl (C=O) groups is 2. The molecule has 1 unspecified atom stereocenters. The summed E-state index contributed by atoms with van der Waals surface area (Å²) in [6, 6.07) is 3.37. The van der Waals surface area contributed by atoms with Crippen molar-refractivity contribution < 1.29 is 27.5 Å². The summed E-state index contributed by atoms with van der Waals surface area (Å²) < 4.78 is 42.5. The van der Waals surface area contributed by atoms with Crippen molar-refractivity contribution in [3.05, 3.63) is 51.9 Å². The molecule has 0 aliphatic rings. The molecule has 0 spiro atoms. The number of esters is 1. The molecule has 0 aliphatic carbocycles. The third-order valence-electron chi connectivity index (χ3n) is 3.49. The molecule has 0 aliphatic heterocycles. The predicted octanol–water partition coefficient (Wildman–Crippen LogP) is 1.58. The number of hydrogen-bond acceptors (Lipinski definition) is 6. The molecule has 8 nitrogen and oxygen atoms in total. The van der Waals surface area contributed by atoms with Gasteiger partial charge in [0, 0.05) is 20.2 Å². The zero-order valence-corrected chi connectivity index (χ0v) is 15.1. The van der Waals surface area contributed by atoms with Gasteiger partial charge in [-0.05, 0) is 31.2 Å². The fraction of sp³-hybridized carbons (Fsp3) is 0.294. The van der Waals surface area contributed by atoms with Crippen LogP contribution >= 0.6 is 0 Å². The maximum atomic E-state index is 12.5. The van der Waals surface area contributed by atoms with Crippen LogP contribution in [0.25, 0.3) is 0 Å². The van der Waals surface area contributed by atoms with Crippen LogP contribution in [0.1, 0.15) is 23.0 Å². The smallest absolute Gasteiger partial charge is 0.416 e. The Balaban J connectivity index is 2.04. The van der Waals surface area contributed by atoms with E-state index in [1.165, 1.54) is 11.8 Å². The highest BCUT2D eigenvalue weighted by Crippen LogP contribution is 2.30. The zero-order chi connectivity index (χ0) is 21.1. The first-order chi connectivity index (χ1) is 13.0. The summed E-state index contributed by atoms with van der Waals surface area (Å²) in [5.74, 6) is -1.64. The molecule has 11 heteroatoms. The van der Waals surface area contributed by atoms with Crippen LogP contribution in [0.5, 0.6) is 5.75 Å². The summed E-state index contributed by atoms with van der Waals surface area (Å²) >= 11 is 0. The Morgan fingerprint density at radius 3 is 2.36 bits per heavy atom. The van der Waals surface area contributed by atoms with Gasteiger partial charge in [-0.15, -0.1) is 0 Å². The Bertz CT molecular complexity index is 923. The van der Waals surface area contributed by atoms with E-state index in [0.29, 0.717) is 0 Å². The van der Waals surface area contributed by atoms with Crippen LogP contribution < -0.4 is 20.5 Å². The van der Waals surface area contributed by atoms with E-state index in [4.69, 9.17) is 4.74 Å². The lowest BCUT2D eigenvalue weighted by molar-refractivity contribution is -0.137. The second-order valence-corrected chi connectivity index (χ2v) is 5.99. The fourth-order valence-corrected chi connectivity index (χ4v) is 2.02. The Morgan fingerprint density at radius 2 is 1.82 bits per heavy atom. The van der Waals surface area contributed by atoms with Crippen LogP contribution in [0.4, 0.5) is 19.1 Å². The zero-order valence-electron chi connectivity index (χ0n) is 15.1. The SMILES string of the molecule is CC(NC(=O)c1cc(=O)[nH]c(N(C)C)n1)C(=O)Oc1ccc(C(F)(F)F)cc1. The number of aromatic nitrogens is 2. The van der Waals surface area contributed by atoms with Crippen molar-refractivity contribution in [1.29, 1.82) is 0 Å². The number of hydrogen-bond donors (Lipinski definition) is 2. The fourth-order valence-electron chi connectivity index (χ4n) is 2.02. The van der Waals surface area contributed by atoms with Crippen LogP contribution in [-0.4, -0.2) is 42.0 Å². The van der Waals surface area contributed by atoms with Gasteiger partial charge in [0.1, 0.15) is 17.5 Å². The Hall–Kier alpha value is -3.37. The molecule has 1 aromatic heterocycles. The van der Waals surface area contributed by atoms with E-state index in [9.17, 15) is 27.6 Å². The van der Waals surface area contributed by atoms with Crippen LogP contribution in [0, 0.1) is 0 Å². The lowest BCUT2D eigenvalue weighted by Crippen LogP contribution is -2.41. The topological polar surface area (TPSA) is 104 Å². The van der Waals surface area contributed by atoms with Crippen LogP contribution in [-0.2, 0) is 11.0 Å². The van der Waals surface area contributed by atoms with Crippen LogP contribution in [0.15, 0.2) is 35.1 Å². The molecule has 0 saturated carbocycles. The maximum absolute atomic E-state index is 12.5. The molecule has 0 bridgehead atoms. The molecular weight excluding hydrogens is 381 g/mol. The summed E-state index contributed by atoms with van der Waals surface area (Å²) in [6.07, 6.45) is -4.50. The highest BCUT2D eigenvalue weighted by atomic mass is 19.4. The molecule has 2 N–H and O–H groups in total. The summed E-state index contributed by atoms with van der Waals surface area (Å²) in [6.45, 7) is 1.32. The minimum absolute atomic E-state index is 0.108. The first kappa shape index (κ1) is 20.9. The van der Waals surface area contributed by atoms with Gasteiger partial charge in [0.05, 0.1) is 5.56 Å². The number of amides is 1. The summed E-state index contributed by atoms with van der Waals surface area (Å²) in [5, 5.41) is 2.32. The van der Waals surface area contributed by atoms with Gasteiger partial charge in [0.15, 0.2) is 0 Å². The van der Waals surface area contributed by atoms with Crippen molar-refractivity contribution in [2.24, 2.45) is 0 Å². The highest BCUT2D eigenvalue weighted by Gasteiger charge is 2.30. The first-order valence-corrected chi connectivity index (χ1v) is 7.96. The molecule has 0 fully saturated rings. The van der Waals surface area contributed by atoms with Gasteiger partial charge in [-0.3, -0.25) is 14.6 Å². The van der Waals surface area contributed by atoms with E-state index >= 15 is 0 Å². The molecule has 1 heterocycles.